The van der Waals surface area contributed by atoms with Crippen LogP contribution in [-0.4, -0.2) is 15.9 Å². The lowest BCUT2D eigenvalue weighted by Crippen LogP contribution is -2.07. The van der Waals surface area contributed by atoms with Crippen LogP contribution < -0.4 is 0 Å². The first-order valence-electron chi connectivity index (χ1n) is 6.00. The van der Waals surface area contributed by atoms with Crippen molar-refractivity contribution in [3.8, 4) is 0 Å². The van der Waals surface area contributed by atoms with Crippen molar-refractivity contribution >= 4 is 15.9 Å². The second-order valence-corrected chi connectivity index (χ2v) is 4.92. The van der Waals surface area contributed by atoms with Gasteiger partial charge in [0.2, 0.25) is 0 Å². The monoisotopic (exact) mass is 288 g/mol. The van der Waals surface area contributed by atoms with Gasteiger partial charge in [0, 0.05) is 12.7 Å². The first-order chi connectivity index (χ1) is 7.67. The Morgan fingerprint density at radius 3 is 2.88 bits per heavy atom. The minimum Gasteiger partial charge on any atom is -0.372 e. The van der Waals surface area contributed by atoms with E-state index >= 15 is 0 Å². The highest BCUT2D eigenvalue weighted by molar-refractivity contribution is 9.10. The Morgan fingerprint density at radius 1 is 1.50 bits per heavy atom. The van der Waals surface area contributed by atoms with Gasteiger partial charge in [0.15, 0.2) is 0 Å². The Morgan fingerprint density at radius 2 is 2.25 bits per heavy atom. The van der Waals surface area contributed by atoms with Crippen LogP contribution >= 0.6 is 15.9 Å². The van der Waals surface area contributed by atoms with Crippen LogP contribution in [0, 0.1) is 0 Å². The lowest BCUT2D eigenvalue weighted by atomic mass is 10.3. The molecule has 4 heteroatoms. The van der Waals surface area contributed by atoms with Crippen molar-refractivity contribution in [2.45, 2.75) is 59.3 Å². The Balaban J connectivity index is 2.49. The summed E-state index contributed by atoms with van der Waals surface area (Å²) in [5.74, 6) is 0. The van der Waals surface area contributed by atoms with E-state index in [1.807, 2.05) is 10.9 Å². The highest BCUT2D eigenvalue weighted by atomic mass is 79.9. The van der Waals surface area contributed by atoms with Crippen molar-refractivity contribution in [3.63, 3.8) is 0 Å². The minimum absolute atomic E-state index is 0.299. The van der Waals surface area contributed by atoms with E-state index in [-0.39, 0.29) is 0 Å². The standard InChI is InChI=1S/C12H21BrN2O/c1-4-6-7-15-8-11(13)12(14-15)9-16-10(3)5-2/h8,10H,4-7,9H2,1-3H3/t10-/m0/s1. The molecule has 0 bridgehead atoms. The van der Waals surface area contributed by atoms with Crippen molar-refractivity contribution in [1.29, 1.82) is 0 Å². The van der Waals surface area contributed by atoms with E-state index in [4.69, 9.17) is 4.74 Å². The lowest BCUT2D eigenvalue weighted by Gasteiger charge is -2.08. The minimum atomic E-state index is 0.299. The number of aryl methyl sites for hydroxylation is 1. The van der Waals surface area contributed by atoms with E-state index in [2.05, 4.69) is 41.8 Å². The van der Waals surface area contributed by atoms with Gasteiger partial charge in [-0.15, -0.1) is 0 Å². The van der Waals surface area contributed by atoms with Crippen molar-refractivity contribution < 1.29 is 4.74 Å². The van der Waals surface area contributed by atoms with Crippen molar-refractivity contribution in [2.75, 3.05) is 0 Å². The quantitative estimate of drug-likeness (QED) is 0.764. The Hall–Kier alpha value is -0.350. The number of nitrogens with zero attached hydrogens (tertiary/aromatic N) is 2. The summed E-state index contributed by atoms with van der Waals surface area (Å²) in [5.41, 5.74) is 0.997. The third kappa shape index (κ3) is 4.26. The van der Waals surface area contributed by atoms with E-state index in [9.17, 15) is 0 Å². The molecule has 3 nitrogen and oxygen atoms in total. The van der Waals surface area contributed by atoms with Gasteiger partial charge < -0.3 is 4.74 Å². The second kappa shape index (κ2) is 7.07. The molecule has 0 unspecified atom stereocenters. The smallest absolute Gasteiger partial charge is 0.102 e. The molecule has 1 rings (SSSR count). The largest absolute Gasteiger partial charge is 0.372 e. The summed E-state index contributed by atoms with van der Waals surface area (Å²) in [7, 11) is 0. The Labute approximate surface area is 106 Å². The molecule has 0 saturated carbocycles. The number of hydrogen-bond donors (Lipinski definition) is 0. The van der Waals surface area contributed by atoms with Crippen molar-refractivity contribution in [2.24, 2.45) is 0 Å². The number of ether oxygens (including phenoxy) is 1. The zero-order chi connectivity index (χ0) is 12.0. The molecule has 0 N–H and O–H groups in total. The first-order valence-corrected chi connectivity index (χ1v) is 6.80. The molecule has 0 spiro atoms. The maximum Gasteiger partial charge on any atom is 0.102 e. The van der Waals surface area contributed by atoms with Gasteiger partial charge in [-0.25, -0.2) is 0 Å². The number of rotatable bonds is 7. The maximum absolute atomic E-state index is 5.67. The fourth-order valence-electron chi connectivity index (χ4n) is 1.31. The van der Waals surface area contributed by atoms with Crippen LogP contribution in [0.3, 0.4) is 0 Å². The predicted molar refractivity (Wildman–Crippen MR) is 69.4 cm³/mol. The number of hydrogen-bond acceptors (Lipinski definition) is 2. The highest BCUT2D eigenvalue weighted by Gasteiger charge is 2.08. The van der Waals surface area contributed by atoms with Gasteiger partial charge >= 0.3 is 0 Å². The molecule has 0 amide bonds. The van der Waals surface area contributed by atoms with Crippen LogP contribution in [0.2, 0.25) is 0 Å². The van der Waals surface area contributed by atoms with Crippen LogP contribution in [0.5, 0.6) is 0 Å². The molecule has 92 valence electrons. The van der Waals surface area contributed by atoms with Gasteiger partial charge in [0.25, 0.3) is 0 Å². The van der Waals surface area contributed by atoms with Gasteiger partial charge in [-0.3, -0.25) is 4.68 Å². The van der Waals surface area contributed by atoms with Crippen LogP contribution in [0.4, 0.5) is 0 Å². The van der Waals surface area contributed by atoms with E-state index in [1.165, 1.54) is 12.8 Å². The average Bonchev–Trinajstić information content (AvgIpc) is 2.64. The molecule has 16 heavy (non-hydrogen) atoms. The van der Waals surface area contributed by atoms with Gasteiger partial charge in [0.05, 0.1) is 17.2 Å². The van der Waals surface area contributed by atoms with Gasteiger partial charge in [-0.2, -0.15) is 5.10 Å². The number of halogens is 1. The first kappa shape index (κ1) is 13.7. The molecule has 0 radical (unpaired) electrons. The SMILES string of the molecule is CCCCn1cc(Br)c(CO[C@@H](C)CC)n1. The molecular weight excluding hydrogens is 268 g/mol. The summed E-state index contributed by atoms with van der Waals surface area (Å²) in [6.07, 6.45) is 5.72. The average molecular weight is 289 g/mol. The maximum atomic E-state index is 5.67. The van der Waals surface area contributed by atoms with Crippen molar-refractivity contribution in [1.82, 2.24) is 9.78 Å². The van der Waals surface area contributed by atoms with Crippen LogP contribution in [-0.2, 0) is 17.9 Å². The summed E-state index contributed by atoms with van der Waals surface area (Å²) in [4.78, 5) is 0. The molecule has 1 heterocycles. The third-order valence-electron chi connectivity index (χ3n) is 2.61. The van der Waals surface area contributed by atoms with Gasteiger partial charge in [-0.1, -0.05) is 20.3 Å². The molecule has 0 aliphatic rings. The molecule has 0 fully saturated rings. The molecule has 1 atom stereocenters. The molecule has 0 aliphatic carbocycles. The zero-order valence-electron chi connectivity index (χ0n) is 10.4. The molecular formula is C12H21BrN2O. The summed E-state index contributed by atoms with van der Waals surface area (Å²) in [6, 6.07) is 0. The van der Waals surface area contributed by atoms with E-state index in [0.717, 1.165) is 23.1 Å². The van der Waals surface area contributed by atoms with Crippen molar-refractivity contribution in [3.05, 3.63) is 16.4 Å². The van der Waals surface area contributed by atoms with Crippen LogP contribution in [0.25, 0.3) is 0 Å². The molecule has 0 saturated heterocycles. The molecule has 1 aromatic rings. The fraction of sp³-hybridized carbons (Fsp3) is 0.750. The summed E-state index contributed by atoms with van der Waals surface area (Å²) in [5, 5.41) is 4.50. The lowest BCUT2D eigenvalue weighted by molar-refractivity contribution is 0.0482. The molecule has 0 aromatic carbocycles. The topological polar surface area (TPSA) is 27.1 Å². The highest BCUT2D eigenvalue weighted by Crippen LogP contribution is 2.17. The van der Waals surface area contributed by atoms with E-state index in [0.29, 0.717) is 12.7 Å². The summed E-state index contributed by atoms with van der Waals surface area (Å²) in [6.45, 7) is 7.97. The third-order valence-corrected chi connectivity index (χ3v) is 3.27. The Kier molecular flexibility index (Phi) is 6.06. The van der Waals surface area contributed by atoms with E-state index in [1.54, 1.807) is 0 Å². The van der Waals surface area contributed by atoms with Crippen LogP contribution in [0.15, 0.2) is 10.7 Å². The second-order valence-electron chi connectivity index (χ2n) is 4.07. The molecule has 0 aliphatic heterocycles. The normalized spacial score (nSPS) is 13.0. The zero-order valence-corrected chi connectivity index (χ0v) is 12.0. The Bertz CT molecular complexity index is 312. The molecule has 1 aromatic heterocycles. The van der Waals surface area contributed by atoms with E-state index < -0.39 is 0 Å². The van der Waals surface area contributed by atoms with Gasteiger partial charge in [-0.05, 0) is 35.7 Å². The predicted octanol–water partition coefficient (Wildman–Crippen LogP) is 3.76. The fourth-order valence-corrected chi connectivity index (χ4v) is 1.74. The van der Waals surface area contributed by atoms with Gasteiger partial charge in [0.1, 0.15) is 5.69 Å². The summed E-state index contributed by atoms with van der Waals surface area (Å²) >= 11 is 3.52. The number of aromatic nitrogens is 2. The van der Waals surface area contributed by atoms with Crippen LogP contribution in [0.1, 0.15) is 45.7 Å². The number of unbranched alkanes of at least 4 members (excludes halogenated alkanes) is 1. The summed E-state index contributed by atoms with van der Waals surface area (Å²) < 4.78 is 8.71.